The molecule has 1 saturated heterocycles. The average molecular weight is 327 g/mol. The molecule has 1 atom stereocenters. The van der Waals surface area contributed by atoms with Gasteiger partial charge in [0, 0.05) is 25.3 Å². The molecule has 2 aliphatic rings. The van der Waals surface area contributed by atoms with E-state index in [0.717, 1.165) is 18.5 Å². The van der Waals surface area contributed by atoms with Gasteiger partial charge < -0.3 is 10.1 Å². The maximum atomic E-state index is 12.1. The number of nitrogens with one attached hydrogen (secondary N) is 1. The highest BCUT2D eigenvalue weighted by Crippen LogP contribution is 2.42. The average Bonchev–Trinajstić information content (AvgIpc) is 3.11. The molecule has 2 fully saturated rings. The molecule has 1 saturated carbocycles. The van der Waals surface area contributed by atoms with Crippen LogP contribution in [0, 0.1) is 0 Å². The van der Waals surface area contributed by atoms with Crippen molar-refractivity contribution < 1.29 is 17.9 Å². The summed E-state index contributed by atoms with van der Waals surface area (Å²) in [6, 6.07) is 1.67. The molecule has 1 aliphatic heterocycles. The highest BCUT2D eigenvalue weighted by atomic mass is 32.2. The van der Waals surface area contributed by atoms with Gasteiger partial charge in [-0.1, -0.05) is 0 Å². The number of hydrogen-bond donors (Lipinski definition) is 1. The van der Waals surface area contributed by atoms with E-state index in [2.05, 4.69) is 10.4 Å². The highest BCUT2D eigenvalue weighted by molar-refractivity contribution is 7.91. The van der Waals surface area contributed by atoms with E-state index < -0.39 is 9.84 Å². The molecule has 0 aromatic carbocycles. The molecule has 0 radical (unpaired) electrons. The van der Waals surface area contributed by atoms with Crippen molar-refractivity contribution in [3.05, 3.63) is 17.5 Å². The molecule has 2 heterocycles. The minimum absolute atomic E-state index is 0.124. The van der Waals surface area contributed by atoms with Gasteiger partial charge in [-0.3, -0.25) is 9.48 Å². The number of nitrogens with zero attached hydrogens (tertiary/aromatic N) is 2. The van der Waals surface area contributed by atoms with Crippen LogP contribution in [-0.2, 0) is 14.6 Å². The Kier molecular flexibility index (Phi) is 4.22. The number of rotatable bonds is 6. The minimum atomic E-state index is -2.97. The molecule has 0 bridgehead atoms. The Hall–Kier alpha value is -1.41. The molecule has 8 heteroatoms. The zero-order valence-corrected chi connectivity index (χ0v) is 13.4. The van der Waals surface area contributed by atoms with E-state index in [-0.39, 0.29) is 23.5 Å². The van der Waals surface area contributed by atoms with Crippen LogP contribution in [-0.4, -0.2) is 55.9 Å². The molecule has 1 aromatic heterocycles. The molecular weight excluding hydrogens is 306 g/mol. The molecule has 22 heavy (non-hydrogen) atoms. The highest BCUT2D eigenvalue weighted by Gasteiger charge is 2.36. The monoisotopic (exact) mass is 327 g/mol. The molecule has 1 amide bonds. The lowest BCUT2D eigenvalue weighted by Crippen LogP contribution is -2.27. The molecule has 122 valence electrons. The van der Waals surface area contributed by atoms with Gasteiger partial charge in [0.2, 0.25) is 0 Å². The maximum Gasteiger partial charge on any atom is 0.271 e. The van der Waals surface area contributed by atoms with Crippen molar-refractivity contribution in [1.82, 2.24) is 15.1 Å². The van der Waals surface area contributed by atoms with Gasteiger partial charge >= 0.3 is 0 Å². The van der Waals surface area contributed by atoms with Crippen molar-refractivity contribution in [3.8, 4) is 0 Å². The number of carbonyl (C=O) groups excluding carboxylic acids is 1. The molecule has 7 nitrogen and oxygen atoms in total. The molecular formula is C14H21N3O4S. The summed E-state index contributed by atoms with van der Waals surface area (Å²) in [5.41, 5.74) is 1.36. The normalized spacial score (nSPS) is 23.6. The van der Waals surface area contributed by atoms with Gasteiger partial charge in [-0.25, -0.2) is 8.42 Å². The third-order valence-electron chi connectivity index (χ3n) is 4.14. The summed E-state index contributed by atoms with van der Waals surface area (Å²) in [4.78, 5) is 12.1. The third-order valence-corrected chi connectivity index (χ3v) is 5.89. The molecule has 1 N–H and O–H groups in total. The molecule has 1 aromatic rings. The van der Waals surface area contributed by atoms with Crippen molar-refractivity contribution in [1.29, 1.82) is 0 Å². The van der Waals surface area contributed by atoms with Gasteiger partial charge in [0.1, 0.15) is 5.69 Å². The summed E-state index contributed by atoms with van der Waals surface area (Å²) < 4.78 is 30.1. The van der Waals surface area contributed by atoms with Crippen LogP contribution >= 0.6 is 0 Å². The topological polar surface area (TPSA) is 90.3 Å². The second-order valence-electron chi connectivity index (χ2n) is 5.98. The fourth-order valence-electron chi connectivity index (χ4n) is 2.82. The lowest BCUT2D eigenvalue weighted by molar-refractivity contribution is 0.0931. The molecule has 1 unspecified atom stereocenters. The van der Waals surface area contributed by atoms with Gasteiger partial charge in [0.05, 0.1) is 24.2 Å². The standard InChI is InChI=1S/C14H21N3O4S/c1-21-6-5-15-14(18)12-8-13(10-2-3-10)17(16-12)11-4-7-22(19,20)9-11/h8,10-11H,2-7,9H2,1H3,(H,15,18). The zero-order valence-electron chi connectivity index (χ0n) is 12.6. The van der Waals surface area contributed by atoms with Crippen LogP contribution in [0.2, 0.25) is 0 Å². The van der Waals surface area contributed by atoms with Gasteiger partial charge in [-0.15, -0.1) is 0 Å². The third kappa shape index (κ3) is 3.33. The van der Waals surface area contributed by atoms with Gasteiger partial charge in [0.25, 0.3) is 5.91 Å². The predicted molar refractivity (Wildman–Crippen MR) is 80.7 cm³/mol. The number of amides is 1. The van der Waals surface area contributed by atoms with E-state index in [1.807, 2.05) is 6.07 Å². The summed E-state index contributed by atoms with van der Waals surface area (Å²) in [6.07, 6.45) is 2.74. The number of methoxy groups -OCH3 is 1. The van der Waals surface area contributed by atoms with Crippen LogP contribution in [0.25, 0.3) is 0 Å². The van der Waals surface area contributed by atoms with Crippen molar-refractivity contribution in [3.63, 3.8) is 0 Å². The Morgan fingerprint density at radius 2 is 2.23 bits per heavy atom. The Morgan fingerprint density at radius 1 is 1.45 bits per heavy atom. The van der Waals surface area contributed by atoms with Crippen molar-refractivity contribution in [2.45, 2.75) is 31.2 Å². The van der Waals surface area contributed by atoms with Crippen molar-refractivity contribution >= 4 is 15.7 Å². The Bertz CT molecular complexity index is 664. The fraction of sp³-hybridized carbons (Fsp3) is 0.714. The van der Waals surface area contributed by atoms with Crippen molar-refractivity contribution in [2.75, 3.05) is 31.8 Å². The first-order valence-corrected chi connectivity index (χ1v) is 9.39. The van der Waals surface area contributed by atoms with Gasteiger partial charge in [-0.05, 0) is 25.3 Å². The van der Waals surface area contributed by atoms with E-state index in [4.69, 9.17) is 4.74 Å². The van der Waals surface area contributed by atoms with Crippen LogP contribution < -0.4 is 5.32 Å². The first-order chi connectivity index (χ1) is 10.5. The van der Waals surface area contributed by atoms with Crippen molar-refractivity contribution in [2.24, 2.45) is 0 Å². The second kappa shape index (κ2) is 6.00. The second-order valence-corrected chi connectivity index (χ2v) is 8.21. The van der Waals surface area contributed by atoms with E-state index >= 15 is 0 Å². The van der Waals surface area contributed by atoms with Crippen LogP contribution in [0.3, 0.4) is 0 Å². The Labute approximate surface area is 129 Å². The largest absolute Gasteiger partial charge is 0.383 e. The zero-order chi connectivity index (χ0) is 15.7. The van der Waals surface area contributed by atoms with E-state index in [0.29, 0.717) is 31.2 Å². The fourth-order valence-corrected chi connectivity index (χ4v) is 4.51. The van der Waals surface area contributed by atoms with Crippen LogP contribution in [0.15, 0.2) is 6.07 Å². The van der Waals surface area contributed by atoms with Gasteiger partial charge in [-0.2, -0.15) is 5.10 Å². The first-order valence-electron chi connectivity index (χ1n) is 7.57. The summed E-state index contributed by atoms with van der Waals surface area (Å²) >= 11 is 0. The quantitative estimate of drug-likeness (QED) is 0.768. The van der Waals surface area contributed by atoms with E-state index in [1.54, 1.807) is 11.8 Å². The number of aromatic nitrogens is 2. The van der Waals surface area contributed by atoms with E-state index in [9.17, 15) is 13.2 Å². The lowest BCUT2D eigenvalue weighted by atomic mass is 10.2. The lowest BCUT2D eigenvalue weighted by Gasteiger charge is -2.12. The molecule has 1 aliphatic carbocycles. The molecule has 0 spiro atoms. The van der Waals surface area contributed by atoms with Crippen LogP contribution in [0.4, 0.5) is 0 Å². The summed E-state index contributed by atoms with van der Waals surface area (Å²) in [6.45, 7) is 0.877. The van der Waals surface area contributed by atoms with E-state index in [1.165, 1.54) is 0 Å². The number of hydrogen-bond acceptors (Lipinski definition) is 5. The number of sulfone groups is 1. The Morgan fingerprint density at radius 3 is 2.82 bits per heavy atom. The van der Waals surface area contributed by atoms with Gasteiger partial charge in [0.15, 0.2) is 9.84 Å². The summed E-state index contributed by atoms with van der Waals surface area (Å²) in [7, 11) is -1.40. The van der Waals surface area contributed by atoms with Crippen LogP contribution in [0.5, 0.6) is 0 Å². The van der Waals surface area contributed by atoms with Crippen LogP contribution in [0.1, 0.15) is 47.4 Å². The number of ether oxygens (including phenoxy) is 1. The Balaban J connectivity index is 1.79. The number of carbonyl (C=O) groups is 1. The minimum Gasteiger partial charge on any atom is -0.383 e. The molecule has 3 rings (SSSR count). The predicted octanol–water partition coefficient (Wildman–Crippen LogP) is 0.496. The smallest absolute Gasteiger partial charge is 0.271 e. The SMILES string of the molecule is COCCNC(=O)c1cc(C2CC2)n(C2CCS(=O)(=O)C2)n1. The first kappa shape index (κ1) is 15.5. The summed E-state index contributed by atoms with van der Waals surface area (Å²) in [5, 5.41) is 7.15. The maximum absolute atomic E-state index is 12.1. The summed E-state index contributed by atoms with van der Waals surface area (Å²) in [5.74, 6) is 0.505.